The average molecular weight is 206 g/mol. The van der Waals surface area contributed by atoms with Crippen LogP contribution < -0.4 is 0 Å². The summed E-state index contributed by atoms with van der Waals surface area (Å²) in [6.45, 7) is 4.99. The molecule has 0 saturated heterocycles. The number of ether oxygens (including phenoxy) is 1. The van der Waals surface area contributed by atoms with Crippen LogP contribution in [-0.4, -0.2) is 18.3 Å². The molecule has 0 radical (unpaired) electrons. The summed E-state index contributed by atoms with van der Waals surface area (Å²) < 4.78 is 5.52. The van der Waals surface area contributed by atoms with Crippen LogP contribution in [0.2, 0.25) is 0 Å². The van der Waals surface area contributed by atoms with E-state index in [2.05, 4.69) is 6.58 Å². The molecule has 0 aliphatic heterocycles. The van der Waals surface area contributed by atoms with Crippen molar-refractivity contribution < 1.29 is 9.84 Å². The first-order valence-corrected chi connectivity index (χ1v) is 5.20. The van der Waals surface area contributed by atoms with Gasteiger partial charge in [-0.3, -0.25) is 0 Å². The minimum Gasteiger partial charge on any atom is -0.396 e. The van der Waals surface area contributed by atoms with Crippen LogP contribution in [0.1, 0.15) is 12.0 Å². The molecule has 0 aliphatic rings. The predicted octanol–water partition coefficient (Wildman–Crippen LogP) is 2.39. The number of hydrogen-bond acceptors (Lipinski definition) is 2. The van der Waals surface area contributed by atoms with Crippen LogP contribution in [-0.2, 0) is 11.3 Å². The van der Waals surface area contributed by atoms with Gasteiger partial charge in [0.25, 0.3) is 0 Å². The monoisotopic (exact) mass is 206 g/mol. The Morgan fingerprint density at radius 3 is 2.67 bits per heavy atom. The third-order valence-electron chi connectivity index (χ3n) is 2.22. The highest BCUT2D eigenvalue weighted by molar-refractivity contribution is 5.13. The molecule has 0 aliphatic carbocycles. The van der Waals surface area contributed by atoms with Crippen molar-refractivity contribution in [3.8, 4) is 0 Å². The Morgan fingerprint density at radius 1 is 1.33 bits per heavy atom. The number of benzene rings is 1. The van der Waals surface area contributed by atoms with E-state index in [1.807, 2.05) is 36.4 Å². The lowest BCUT2D eigenvalue weighted by Crippen LogP contribution is -2.13. The van der Waals surface area contributed by atoms with Gasteiger partial charge in [-0.05, 0) is 12.0 Å². The first kappa shape index (κ1) is 12.0. The van der Waals surface area contributed by atoms with Crippen LogP contribution in [0.25, 0.3) is 0 Å². The molecule has 0 fully saturated rings. The normalized spacial score (nSPS) is 12.3. The first-order valence-electron chi connectivity index (χ1n) is 5.20. The minimum atomic E-state index is 0.154. The van der Waals surface area contributed by atoms with E-state index in [-0.39, 0.29) is 12.5 Å². The maximum atomic E-state index is 9.03. The van der Waals surface area contributed by atoms with Gasteiger partial charge in [0.1, 0.15) is 0 Å². The molecule has 0 spiro atoms. The molecule has 1 aromatic carbocycles. The molecule has 0 unspecified atom stereocenters. The second-order valence-corrected chi connectivity index (χ2v) is 3.57. The molecule has 1 atom stereocenters. The lowest BCUT2D eigenvalue weighted by atomic mass is 10.1. The molecule has 0 heterocycles. The van der Waals surface area contributed by atoms with E-state index >= 15 is 0 Å². The molecule has 0 amide bonds. The number of hydrogen-bond donors (Lipinski definition) is 1. The van der Waals surface area contributed by atoms with Gasteiger partial charge in [0.05, 0.1) is 13.2 Å². The Morgan fingerprint density at radius 2 is 2.07 bits per heavy atom. The van der Waals surface area contributed by atoms with Crippen LogP contribution in [0, 0.1) is 5.92 Å². The lowest BCUT2D eigenvalue weighted by Gasteiger charge is -2.12. The molecule has 2 nitrogen and oxygen atoms in total. The number of aliphatic hydroxyl groups excluding tert-OH is 1. The van der Waals surface area contributed by atoms with Crippen LogP contribution in [0.5, 0.6) is 0 Å². The minimum absolute atomic E-state index is 0.154. The van der Waals surface area contributed by atoms with Crippen LogP contribution in [0.15, 0.2) is 43.0 Å². The third-order valence-corrected chi connectivity index (χ3v) is 2.22. The van der Waals surface area contributed by atoms with Crippen molar-refractivity contribution in [3.05, 3.63) is 48.6 Å². The zero-order valence-electron chi connectivity index (χ0n) is 8.93. The van der Waals surface area contributed by atoms with E-state index in [4.69, 9.17) is 9.84 Å². The number of allylic oxidation sites excluding steroid dienone is 1. The standard InChI is InChI=1S/C13H18O2/c1-2-6-13(9-14)11-15-10-12-7-4-3-5-8-12/h2-5,7-8,13-14H,1,6,9-11H2/t13-/m0/s1. The maximum absolute atomic E-state index is 9.03. The predicted molar refractivity (Wildman–Crippen MR) is 61.5 cm³/mol. The molecule has 1 aromatic rings. The van der Waals surface area contributed by atoms with Gasteiger partial charge >= 0.3 is 0 Å². The molecule has 2 heteroatoms. The van der Waals surface area contributed by atoms with E-state index < -0.39 is 0 Å². The third kappa shape index (κ3) is 4.77. The van der Waals surface area contributed by atoms with E-state index in [9.17, 15) is 0 Å². The molecule has 82 valence electrons. The van der Waals surface area contributed by atoms with Crippen LogP contribution in [0.4, 0.5) is 0 Å². The summed E-state index contributed by atoms with van der Waals surface area (Å²) in [6.07, 6.45) is 2.61. The average Bonchev–Trinajstić information content (AvgIpc) is 2.29. The van der Waals surface area contributed by atoms with E-state index in [1.165, 1.54) is 0 Å². The van der Waals surface area contributed by atoms with Gasteiger partial charge in [-0.15, -0.1) is 6.58 Å². The fraction of sp³-hybridized carbons (Fsp3) is 0.385. The Kier molecular flexibility index (Phi) is 5.74. The number of rotatable bonds is 7. The van der Waals surface area contributed by atoms with Gasteiger partial charge in [0.2, 0.25) is 0 Å². The summed E-state index contributed by atoms with van der Waals surface area (Å²) >= 11 is 0. The summed E-state index contributed by atoms with van der Waals surface area (Å²) in [5, 5.41) is 9.03. The molecule has 15 heavy (non-hydrogen) atoms. The van der Waals surface area contributed by atoms with Gasteiger partial charge in [-0.1, -0.05) is 36.4 Å². The molecular formula is C13H18O2. The summed E-state index contributed by atoms with van der Waals surface area (Å²) in [7, 11) is 0. The summed E-state index contributed by atoms with van der Waals surface area (Å²) in [5.41, 5.74) is 1.16. The van der Waals surface area contributed by atoms with Crippen molar-refractivity contribution in [3.63, 3.8) is 0 Å². The summed E-state index contributed by atoms with van der Waals surface area (Å²) in [4.78, 5) is 0. The summed E-state index contributed by atoms with van der Waals surface area (Å²) in [5.74, 6) is 0.172. The fourth-order valence-electron chi connectivity index (χ4n) is 1.35. The topological polar surface area (TPSA) is 29.5 Å². The number of aliphatic hydroxyl groups is 1. The first-order chi connectivity index (χ1) is 7.36. The van der Waals surface area contributed by atoms with Crippen molar-refractivity contribution in [1.82, 2.24) is 0 Å². The Bertz CT molecular complexity index is 269. The SMILES string of the molecule is C=CC[C@@H](CO)COCc1ccccc1. The van der Waals surface area contributed by atoms with Crippen LogP contribution in [0.3, 0.4) is 0 Å². The zero-order valence-corrected chi connectivity index (χ0v) is 8.93. The van der Waals surface area contributed by atoms with Gasteiger partial charge in [0, 0.05) is 12.5 Å². The van der Waals surface area contributed by atoms with Crippen molar-refractivity contribution >= 4 is 0 Å². The smallest absolute Gasteiger partial charge is 0.0717 e. The van der Waals surface area contributed by atoms with Gasteiger partial charge in [-0.2, -0.15) is 0 Å². The van der Waals surface area contributed by atoms with E-state index in [0.717, 1.165) is 12.0 Å². The van der Waals surface area contributed by atoms with Gasteiger partial charge < -0.3 is 9.84 Å². The Balaban J connectivity index is 2.23. The highest BCUT2D eigenvalue weighted by Crippen LogP contribution is 2.06. The Labute approximate surface area is 91.2 Å². The maximum Gasteiger partial charge on any atom is 0.0717 e. The molecular weight excluding hydrogens is 188 g/mol. The molecule has 0 bridgehead atoms. The van der Waals surface area contributed by atoms with E-state index in [1.54, 1.807) is 0 Å². The Hall–Kier alpha value is -1.12. The second kappa shape index (κ2) is 7.21. The van der Waals surface area contributed by atoms with E-state index in [0.29, 0.717) is 13.2 Å². The molecule has 1 rings (SSSR count). The quantitative estimate of drug-likeness (QED) is 0.694. The van der Waals surface area contributed by atoms with Crippen molar-refractivity contribution in [2.24, 2.45) is 5.92 Å². The van der Waals surface area contributed by atoms with Crippen LogP contribution >= 0.6 is 0 Å². The largest absolute Gasteiger partial charge is 0.396 e. The molecule has 1 N–H and O–H groups in total. The highest BCUT2D eigenvalue weighted by atomic mass is 16.5. The zero-order chi connectivity index (χ0) is 10.9. The van der Waals surface area contributed by atoms with Crippen molar-refractivity contribution in [2.45, 2.75) is 13.0 Å². The summed E-state index contributed by atoms with van der Waals surface area (Å²) in [6, 6.07) is 10.0. The molecule has 0 aromatic heterocycles. The van der Waals surface area contributed by atoms with Crippen molar-refractivity contribution in [1.29, 1.82) is 0 Å². The van der Waals surface area contributed by atoms with Crippen molar-refractivity contribution in [2.75, 3.05) is 13.2 Å². The fourth-order valence-corrected chi connectivity index (χ4v) is 1.35. The molecule has 0 saturated carbocycles. The lowest BCUT2D eigenvalue weighted by molar-refractivity contribution is 0.0640. The van der Waals surface area contributed by atoms with Gasteiger partial charge in [0.15, 0.2) is 0 Å². The van der Waals surface area contributed by atoms with Gasteiger partial charge in [-0.25, -0.2) is 0 Å². The highest BCUT2D eigenvalue weighted by Gasteiger charge is 2.04. The second-order valence-electron chi connectivity index (χ2n) is 3.57.